The van der Waals surface area contributed by atoms with Crippen LogP contribution >= 0.6 is 0 Å². The van der Waals surface area contributed by atoms with Crippen LogP contribution in [0.5, 0.6) is 0 Å². The van der Waals surface area contributed by atoms with E-state index in [1.54, 1.807) is 4.90 Å². The molecule has 0 unspecified atom stereocenters. The van der Waals surface area contributed by atoms with Crippen molar-refractivity contribution in [3.63, 3.8) is 0 Å². The lowest BCUT2D eigenvalue weighted by Gasteiger charge is -2.35. The van der Waals surface area contributed by atoms with Crippen LogP contribution in [-0.2, 0) is 17.6 Å². The molecule has 1 saturated heterocycles. The van der Waals surface area contributed by atoms with Gasteiger partial charge in [0.2, 0.25) is 5.91 Å². The zero-order chi connectivity index (χ0) is 20.2. The monoisotopic (exact) mass is 396 g/mol. The van der Waals surface area contributed by atoms with E-state index in [9.17, 15) is 14.0 Å². The Labute approximate surface area is 169 Å². The summed E-state index contributed by atoms with van der Waals surface area (Å²) < 4.78 is 13.0. The predicted octanol–water partition coefficient (Wildman–Crippen LogP) is 2.81. The molecule has 1 aliphatic carbocycles. The summed E-state index contributed by atoms with van der Waals surface area (Å²) in [5, 5.41) is 8.78. The van der Waals surface area contributed by atoms with Crippen LogP contribution in [-0.4, -0.2) is 53.0 Å². The van der Waals surface area contributed by atoms with Gasteiger partial charge in [0.05, 0.1) is 5.69 Å². The molecule has 4 rings (SSSR count). The summed E-state index contributed by atoms with van der Waals surface area (Å²) in [7, 11) is 0. The first-order chi connectivity index (χ1) is 14.1. The van der Waals surface area contributed by atoms with Gasteiger partial charge >= 0.3 is 0 Å². The maximum atomic E-state index is 13.0. The molecule has 0 atom stereocenters. The quantitative estimate of drug-likeness (QED) is 0.727. The molecule has 7 heteroatoms. The molecule has 6 nitrogen and oxygen atoms in total. The molecule has 0 saturated carbocycles. The van der Waals surface area contributed by atoms with Gasteiger partial charge in [0.1, 0.15) is 5.82 Å². The number of piperazine rings is 1. The third kappa shape index (κ3) is 4.60. The van der Waals surface area contributed by atoms with Crippen LogP contribution in [0.25, 0.3) is 0 Å². The van der Waals surface area contributed by atoms with E-state index in [4.69, 9.17) is 0 Å². The second-order valence-electron chi connectivity index (χ2n) is 7.68. The number of carbonyl (C=O) groups excluding carboxylic acids is 2. The predicted molar refractivity (Wildman–Crippen MR) is 107 cm³/mol. The normalized spacial score (nSPS) is 16.4. The Kier molecular flexibility index (Phi) is 5.83. The van der Waals surface area contributed by atoms with Crippen molar-refractivity contribution in [1.29, 1.82) is 0 Å². The number of rotatable bonds is 5. The fourth-order valence-electron chi connectivity index (χ4n) is 3.98. The Morgan fingerprint density at radius 2 is 1.66 bits per heavy atom. The first kappa shape index (κ1) is 19.5. The van der Waals surface area contributed by atoms with Crippen LogP contribution < -0.4 is 4.90 Å². The number of hydrogen-bond donors (Lipinski definition) is 0. The number of anilines is 1. The van der Waals surface area contributed by atoms with Crippen molar-refractivity contribution in [1.82, 2.24) is 15.1 Å². The number of fused-ring (bicyclic) bond motifs is 1. The zero-order valence-corrected chi connectivity index (χ0v) is 16.4. The van der Waals surface area contributed by atoms with E-state index in [0.717, 1.165) is 24.4 Å². The van der Waals surface area contributed by atoms with E-state index in [1.165, 1.54) is 42.7 Å². The zero-order valence-electron chi connectivity index (χ0n) is 16.4. The minimum Gasteiger partial charge on any atom is -0.352 e. The maximum Gasteiger partial charge on any atom is 0.223 e. The summed E-state index contributed by atoms with van der Waals surface area (Å²) >= 11 is 0. The van der Waals surface area contributed by atoms with Crippen LogP contribution in [0.1, 0.15) is 47.3 Å². The molecular formula is C22H25FN4O2. The third-order valence-corrected chi connectivity index (χ3v) is 5.75. The molecule has 0 bridgehead atoms. The van der Waals surface area contributed by atoms with Gasteiger partial charge in [0.25, 0.3) is 0 Å². The van der Waals surface area contributed by atoms with Gasteiger partial charge in [-0.1, -0.05) is 0 Å². The molecule has 29 heavy (non-hydrogen) atoms. The van der Waals surface area contributed by atoms with E-state index >= 15 is 0 Å². The van der Waals surface area contributed by atoms with Crippen LogP contribution in [0.15, 0.2) is 30.3 Å². The van der Waals surface area contributed by atoms with Crippen molar-refractivity contribution in [2.75, 3.05) is 31.1 Å². The lowest BCUT2D eigenvalue weighted by molar-refractivity contribution is -0.131. The van der Waals surface area contributed by atoms with Crippen molar-refractivity contribution in [3.8, 4) is 0 Å². The summed E-state index contributed by atoms with van der Waals surface area (Å²) in [5.74, 6) is 0.362. The smallest absolute Gasteiger partial charge is 0.223 e. The van der Waals surface area contributed by atoms with Crippen molar-refractivity contribution >= 4 is 17.5 Å². The van der Waals surface area contributed by atoms with Crippen LogP contribution in [0, 0.1) is 5.82 Å². The highest BCUT2D eigenvalue weighted by Gasteiger charge is 2.23. The molecule has 152 valence electrons. The molecule has 2 aliphatic rings. The molecule has 0 N–H and O–H groups in total. The lowest BCUT2D eigenvalue weighted by atomic mass is 9.97. The molecule has 1 aliphatic heterocycles. The summed E-state index contributed by atoms with van der Waals surface area (Å²) in [6.07, 6.45) is 4.79. The molecule has 1 fully saturated rings. The number of hydrogen-bond acceptors (Lipinski definition) is 5. The number of benzene rings is 1. The Balaban J connectivity index is 1.27. The standard InChI is InChI=1S/C22H25FN4O2/c23-18-7-5-16(6-8-18)20(28)9-10-22(29)27-13-11-26(12-14-27)21-15-17-3-1-2-4-19(17)24-25-21/h5-8,15H,1-4,9-14H2. The SMILES string of the molecule is O=C(CCC(=O)N1CCN(c2cc3c(nn2)CCCC3)CC1)c1ccc(F)cc1. The number of ketones is 1. The molecular weight excluding hydrogens is 371 g/mol. The van der Waals surface area contributed by atoms with E-state index in [2.05, 4.69) is 21.2 Å². The summed E-state index contributed by atoms with van der Waals surface area (Å²) in [6, 6.07) is 7.59. The van der Waals surface area contributed by atoms with Gasteiger partial charge < -0.3 is 9.80 Å². The Morgan fingerprint density at radius 3 is 2.41 bits per heavy atom. The highest BCUT2D eigenvalue weighted by Crippen LogP contribution is 2.23. The van der Waals surface area contributed by atoms with Crippen molar-refractivity contribution < 1.29 is 14.0 Å². The lowest BCUT2D eigenvalue weighted by Crippen LogP contribution is -2.49. The highest BCUT2D eigenvalue weighted by atomic mass is 19.1. The second kappa shape index (κ2) is 8.68. The molecule has 2 aromatic rings. The summed E-state index contributed by atoms with van der Waals surface area (Å²) in [4.78, 5) is 28.7. The Hall–Kier alpha value is -2.83. The first-order valence-electron chi connectivity index (χ1n) is 10.3. The molecule has 1 aromatic heterocycles. The molecule has 1 aromatic carbocycles. The first-order valence-corrected chi connectivity index (χ1v) is 10.3. The van der Waals surface area contributed by atoms with E-state index < -0.39 is 0 Å². The maximum absolute atomic E-state index is 13.0. The van der Waals surface area contributed by atoms with Crippen molar-refractivity contribution in [2.45, 2.75) is 38.5 Å². The molecule has 0 radical (unpaired) electrons. The van der Waals surface area contributed by atoms with Gasteiger partial charge in [-0.05, 0) is 61.6 Å². The van der Waals surface area contributed by atoms with E-state index in [1.807, 2.05) is 0 Å². The fraction of sp³-hybridized carbons (Fsp3) is 0.455. The minimum absolute atomic E-state index is 0.0170. The average Bonchev–Trinajstić information content (AvgIpc) is 2.77. The number of aromatic nitrogens is 2. The Bertz CT molecular complexity index is 892. The average molecular weight is 396 g/mol. The van der Waals surface area contributed by atoms with Gasteiger partial charge in [-0.2, -0.15) is 5.10 Å². The number of carbonyl (C=O) groups is 2. The largest absolute Gasteiger partial charge is 0.352 e. The van der Waals surface area contributed by atoms with Crippen LogP contribution in [0.3, 0.4) is 0 Å². The van der Waals surface area contributed by atoms with E-state index in [-0.39, 0.29) is 30.3 Å². The third-order valence-electron chi connectivity index (χ3n) is 5.75. The minimum atomic E-state index is -0.376. The van der Waals surface area contributed by atoms with Gasteiger partial charge in [-0.3, -0.25) is 9.59 Å². The molecule has 1 amide bonds. The number of aryl methyl sites for hydroxylation is 2. The van der Waals surface area contributed by atoms with Gasteiger partial charge in [0, 0.05) is 44.6 Å². The van der Waals surface area contributed by atoms with E-state index in [0.29, 0.717) is 31.7 Å². The molecule has 0 spiro atoms. The van der Waals surface area contributed by atoms with Crippen LogP contribution in [0.2, 0.25) is 0 Å². The topological polar surface area (TPSA) is 66.4 Å². The highest BCUT2D eigenvalue weighted by molar-refractivity contribution is 5.97. The van der Waals surface area contributed by atoms with Gasteiger partial charge in [0.15, 0.2) is 11.6 Å². The second-order valence-corrected chi connectivity index (χ2v) is 7.68. The van der Waals surface area contributed by atoms with Gasteiger partial charge in [-0.15, -0.1) is 5.10 Å². The number of amides is 1. The van der Waals surface area contributed by atoms with Crippen molar-refractivity contribution in [2.24, 2.45) is 0 Å². The summed E-state index contributed by atoms with van der Waals surface area (Å²) in [5.41, 5.74) is 2.87. The number of nitrogens with zero attached hydrogens (tertiary/aromatic N) is 4. The number of Topliss-reactive ketones (excluding diaryl/α,β-unsaturated/α-hetero) is 1. The Morgan fingerprint density at radius 1 is 0.931 bits per heavy atom. The summed E-state index contributed by atoms with van der Waals surface area (Å²) in [6.45, 7) is 2.65. The van der Waals surface area contributed by atoms with Crippen molar-refractivity contribution in [3.05, 3.63) is 53.0 Å². The van der Waals surface area contributed by atoms with Crippen LogP contribution in [0.4, 0.5) is 10.2 Å². The fourth-order valence-corrected chi connectivity index (χ4v) is 3.98. The van der Waals surface area contributed by atoms with Gasteiger partial charge in [-0.25, -0.2) is 4.39 Å². The number of halogens is 1. The molecule has 2 heterocycles.